The van der Waals surface area contributed by atoms with Gasteiger partial charge in [0.15, 0.2) is 5.69 Å². The molecule has 1 aromatic carbocycles. The number of hydrogen-bond donors (Lipinski definition) is 2. The Labute approximate surface area is 151 Å². The first-order chi connectivity index (χ1) is 12.1. The molecule has 0 bridgehead atoms. The third-order valence-electron chi connectivity index (χ3n) is 3.66. The zero-order valence-corrected chi connectivity index (χ0v) is 15.1. The van der Waals surface area contributed by atoms with Gasteiger partial charge >= 0.3 is 0 Å². The summed E-state index contributed by atoms with van der Waals surface area (Å²) in [5.41, 5.74) is 3.41. The van der Waals surface area contributed by atoms with Crippen LogP contribution in [0.25, 0.3) is 10.6 Å². The summed E-state index contributed by atoms with van der Waals surface area (Å²) in [5.74, 6) is -0.189. The van der Waals surface area contributed by atoms with Crippen LogP contribution in [0.1, 0.15) is 35.5 Å². The fourth-order valence-corrected chi connectivity index (χ4v) is 2.98. The van der Waals surface area contributed by atoms with Crippen molar-refractivity contribution in [1.82, 2.24) is 15.5 Å². The van der Waals surface area contributed by atoms with E-state index in [-0.39, 0.29) is 12.0 Å². The molecule has 2 heterocycles. The van der Waals surface area contributed by atoms with E-state index in [1.165, 1.54) is 0 Å². The van der Waals surface area contributed by atoms with E-state index in [1.54, 1.807) is 17.4 Å². The average molecular weight is 355 g/mol. The lowest BCUT2D eigenvalue weighted by Gasteiger charge is -2.08. The fraction of sp³-hybridized carbons (Fsp3) is 0.263. The number of H-pyrrole nitrogens is 1. The topological polar surface area (TPSA) is 67.0 Å². The molecule has 2 N–H and O–H groups in total. The van der Waals surface area contributed by atoms with Crippen molar-refractivity contribution >= 4 is 17.2 Å². The Hall–Kier alpha value is -2.44. The van der Waals surface area contributed by atoms with Gasteiger partial charge in [0.05, 0.1) is 23.3 Å². The van der Waals surface area contributed by atoms with E-state index in [2.05, 4.69) is 15.5 Å². The number of aromatic nitrogens is 2. The van der Waals surface area contributed by atoms with E-state index in [0.717, 1.165) is 21.7 Å². The van der Waals surface area contributed by atoms with Crippen molar-refractivity contribution < 1.29 is 9.53 Å². The van der Waals surface area contributed by atoms with Gasteiger partial charge in [-0.05, 0) is 42.5 Å². The molecule has 0 saturated heterocycles. The SMILES string of the molecule is CC(C)OCc1ccc(CNC(=O)c2cc(-c3cccs3)[nH]n2)cc1. The van der Waals surface area contributed by atoms with Gasteiger partial charge in [-0.2, -0.15) is 5.10 Å². The van der Waals surface area contributed by atoms with Crippen LogP contribution < -0.4 is 5.32 Å². The minimum atomic E-state index is -0.189. The van der Waals surface area contributed by atoms with Crippen molar-refractivity contribution in [1.29, 1.82) is 0 Å². The Morgan fingerprint density at radius 2 is 2.00 bits per heavy atom. The van der Waals surface area contributed by atoms with E-state index < -0.39 is 0 Å². The largest absolute Gasteiger partial charge is 0.374 e. The molecule has 0 fully saturated rings. The molecule has 0 unspecified atom stereocenters. The van der Waals surface area contributed by atoms with Crippen LogP contribution in [0.5, 0.6) is 0 Å². The minimum Gasteiger partial charge on any atom is -0.374 e. The van der Waals surface area contributed by atoms with Gasteiger partial charge in [0.2, 0.25) is 0 Å². The standard InChI is InChI=1S/C19H21N3O2S/c1-13(2)24-12-15-7-5-14(6-8-15)11-20-19(23)17-10-16(21-22-17)18-4-3-9-25-18/h3-10,13H,11-12H2,1-2H3,(H,20,23)(H,21,22). The molecule has 0 atom stereocenters. The Morgan fingerprint density at radius 3 is 2.68 bits per heavy atom. The monoisotopic (exact) mass is 355 g/mol. The van der Waals surface area contributed by atoms with E-state index in [4.69, 9.17) is 4.74 Å². The molecule has 5 nitrogen and oxygen atoms in total. The zero-order valence-electron chi connectivity index (χ0n) is 14.3. The molecule has 3 aromatic rings. The van der Waals surface area contributed by atoms with Gasteiger partial charge in [-0.3, -0.25) is 9.89 Å². The molecular weight excluding hydrogens is 334 g/mol. The number of benzene rings is 1. The highest BCUT2D eigenvalue weighted by Gasteiger charge is 2.11. The Bertz CT molecular complexity index is 808. The van der Waals surface area contributed by atoms with Crippen molar-refractivity contribution in [2.75, 3.05) is 0 Å². The van der Waals surface area contributed by atoms with Crippen LogP contribution >= 0.6 is 11.3 Å². The molecule has 0 aliphatic rings. The van der Waals surface area contributed by atoms with E-state index in [1.807, 2.05) is 55.6 Å². The lowest BCUT2D eigenvalue weighted by Crippen LogP contribution is -2.23. The minimum absolute atomic E-state index is 0.189. The maximum Gasteiger partial charge on any atom is 0.272 e. The molecule has 0 aliphatic carbocycles. The van der Waals surface area contributed by atoms with Crippen molar-refractivity contribution in [2.24, 2.45) is 0 Å². The van der Waals surface area contributed by atoms with Gasteiger partial charge in [-0.1, -0.05) is 30.3 Å². The number of amides is 1. The maximum atomic E-state index is 12.2. The molecule has 2 aromatic heterocycles. The van der Waals surface area contributed by atoms with Crippen LogP contribution in [0.2, 0.25) is 0 Å². The first kappa shape index (κ1) is 17.4. The molecular formula is C19H21N3O2S. The summed E-state index contributed by atoms with van der Waals surface area (Å²) < 4.78 is 5.58. The first-order valence-electron chi connectivity index (χ1n) is 8.18. The quantitative estimate of drug-likeness (QED) is 0.673. The molecule has 0 saturated carbocycles. The highest BCUT2D eigenvalue weighted by molar-refractivity contribution is 7.13. The second-order valence-corrected chi connectivity index (χ2v) is 6.95. The Balaban J connectivity index is 1.53. The lowest BCUT2D eigenvalue weighted by atomic mass is 10.1. The summed E-state index contributed by atoms with van der Waals surface area (Å²) in [6.45, 7) is 5.10. The predicted octanol–water partition coefficient (Wildman–Crippen LogP) is 3.99. The summed E-state index contributed by atoms with van der Waals surface area (Å²) in [7, 11) is 0. The highest BCUT2D eigenvalue weighted by atomic mass is 32.1. The smallest absolute Gasteiger partial charge is 0.272 e. The van der Waals surface area contributed by atoms with Crippen LogP contribution in [0.3, 0.4) is 0 Å². The third-order valence-corrected chi connectivity index (χ3v) is 4.56. The average Bonchev–Trinajstić information content (AvgIpc) is 3.29. The molecule has 6 heteroatoms. The van der Waals surface area contributed by atoms with Gasteiger partial charge in [-0.15, -0.1) is 11.3 Å². The third kappa shape index (κ3) is 4.78. The van der Waals surface area contributed by atoms with E-state index in [9.17, 15) is 4.79 Å². The molecule has 1 amide bonds. The first-order valence-corrected chi connectivity index (χ1v) is 9.06. The zero-order chi connectivity index (χ0) is 17.6. The van der Waals surface area contributed by atoms with Crippen LogP contribution in [0.4, 0.5) is 0 Å². The molecule has 0 radical (unpaired) electrons. The second kappa shape index (κ2) is 8.09. The number of nitrogens with zero attached hydrogens (tertiary/aromatic N) is 1. The van der Waals surface area contributed by atoms with Crippen LogP contribution in [-0.2, 0) is 17.9 Å². The molecule has 3 rings (SSSR count). The van der Waals surface area contributed by atoms with Crippen molar-refractivity contribution in [2.45, 2.75) is 33.1 Å². The molecule has 130 valence electrons. The number of thiophene rings is 1. The highest BCUT2D eigenvalue weighted by Crippen LogP contribution is 2.22. The summed E-state index contributed by atoms with van der Waals surface area (Å²) in [6.07, 6.45) is 0.215. The van der Waals surface area contributed by atoms with Gasteiger partial charge in [0.25, 0.3) is 5.91 Å². The maximum absolute atomic E-state index is 12.2. The van der Waals surface area contributed by atoms with Crippen molar-refractivity contribution in [3.05, 3.63) is 64.7 Å². The van der Waals surface area contributed by atoms with Crippen LogP contribution in [0.15, 0.2) is 47.8 Å². The van der Waals surface area contributed by atoms with Crippen LogP contribution in [0, 0.1) is 0 Å². The molecule has 0 spiro atoms. The van der Waals surface area contributed by atoms with Gasteiger partial charge in [0.1, 0.15) is 0 Å². The van der Waals surface area contributed by atoms with Gasteiger partial charge in [0, 0.05) is 6.54 Å². The van der Waals surface area contributed by atoms with Gasteiger partial charge < -0.3 is 10.1 Å². The van der Waals surface area contributed by atoms with Gasteiger partial charge in [-0.25, -0.2) is 0 Å². The summed E-state index contributed by atoms with van der Waals surface area (Å²) in [5, 5.41) is 11.9. The van der Waals surface area contributed by atoms with Crippen molar-refractivity contribution in [3.8, 4) is 10.6 Å². The van der Waals surface area contributed by atoms with Crippen molar-refractivity contribution in [3.63, 3.8) is 0 Å². The molecule has 0 aliphatic heterocycles. The predicted molar refractivity (Wildman–Crippen MR) is 99.4 cm³/mol. The Kier molecular flexibility index (Phi) is 5.63. The Morgan fingerprint density at radius 1 is 1.24 bits per heavy atom. The fourth-order valence-electron chi connectivity index (χ4n) is 2.29. The second-order valence-electron chi connectivity index (χ2n) is 6.00. The number of aromatic amines is 1. The summed E-state index contributed by atoms with van der Waals surface area (Å²) in [4.78, 5) is 13.3. The number of carbonyl (C=O) groups is 1. The van der Waals surface area contributed by atoms with Crippen LogP contribution in [-0.4, -0.2) is 22.2 Å². The molecule has 25 heavy (non-hydrogen) atoms. The van der Waals surface area contributed by atoms with E-state index in [0.29, 0.717) is 18.8 Å². The number of ether oxygens (including phenoxy) is 1. The number of nitrogens with one attached hydrogen (secondary N) is 2. The number of hydrogen-bond acceptors (Lipinski definition) is 4. The summed E-state index contributed by atoms with van der Waals surface area (Å²) >= 11 is 1.61. The van der Waals surface area contributed by atoms with E-state index >= 15 is 0 Å². The summed E-state index contributed by atoms with van der Waals surface area (Å²) in [6, 6.07) is 13.8. The lowest BCUT2D eigenvalue weighted by molar-refractivity contribution is 0.0657. The number of carbonyl (C=O) groups excluding carboxylic acids is 1. The number of rotatable bonds is 7. The normalized spacial score (nSPS) is 11.0.